The van der Waals surface area contributed by atoms with Gasteiger partial charge in [-0.2, -0.15) is 0 Å². The zero-order valence-electron chi connectivity index (χ0n) is 19.1. The topological polar surface area (TPSA) is 90.6 Å². The summed E-state index contributed by atoms with van der Waals surface area (Å²) in [5, 5.41) is 3.47. The van der Waals surface area contributed by atoms with Crippen molar-refractivity contribution in [2.24, 2.45) is 0 Å². The van der Waals surface area contributed by atoms with Gasteiger partial charge in [-0.05, 0) is 38.1 Å². The molecule has 0 amide bonds. The van der Waals surface area contributed by atoms with Crippen LogP contribution in [0.2, 0.25) is 0 Å². The molecule has 9 nitrogen and oxygen atoms in total. The van der Waals surface area contributed by atoms with Gasteiger partial charge in [0, 0.05) is 37.3 Å². The van der Waals surface area contributed by atoms with Crippen molar-refractivity contribution < 1.29 is 13.9 Å². The molecule has 3 aliphatic heterocycles. The molecular weight excluding hydrogens is 477 g/mol. The summed E-state index contributed by atoms with van der Waals surface area (Å²) in [7, 11) is 0. The Labute approximate surface area is 206 Å². The minimum absolute atomic E-state index is 0. The minimum atomic E-state index is -0.354. The second-order valence-electron chi connectivity index (χ2n) is 9.13. The van der Waals surface area contributed by atoms with Gasteiger partial charge in [0.1, 0.15) is 24.4 Å². The van der Waals surface area contributed by atoms with Gasteiger partial charge in [0.25, 0.3) is 11.1 Å². The van der Waals surface area contributed by atoms with Crippen molar-refractivity contribution in [3.05, 3.63) is 62.6 Å². The van der Waals surface area contributed by atoms with Gasteiger partial charge in [0.2, 0.25) is 0 Å². The van der Waals surface area contributed by atoms with Crippen molar-refractivity contribution in [1.82, 2.24) is 24.3 Å². The summed E-state index contributed by atoms with van der Waals surface area (Å²) in [4.78, 5) is 31.4. The molecule has 1 aromatic carbocycles. The third-order valence-electron chi connectivity index (χ3n) is 7.04. The first kappa shape index (κ1) is 23.8. The van der Waals surface area contributed by atoms with Crippen LogP contribution < -0.4 is 25.9 Å². The third kappa shape index (κ3) is 4.30. The Bertz CT molecular complexity index is 1360. The molecule has 0 radical (unpaired) electrons. The number of rotatable bonds is 5. The maximum absolute atomic E-state index is 14.8. The van der Waals surface area contributed by atoms with Crippen molar-refractivity contribution in [3.8, 4) is 11.5 Å². The van der Waals surface area contributed by atoms with E-state index in [1.165, 1.54) is 12.3 Å². The van der Waals surface area contributed by atoms with E-state index in [9.17, 15) is 14.0 Å². The number of likely N-dealkylation sites (tertiary alicyclic amines) is 1. The average molecular weight is 504 g/mol. The van der Waals surface area contributed by atoms with E-state index in [2.05, 4.69) is 15.2 Å². The van der Waals surface area contributed by atoms with Crippen LogP contribution in [0.25, 0.3) is 11.2 Å². The van der Waals surface area contributed by atoms with E-state index < -0.39 is 0 Å². The molecule has 186 valence electrons. The number of pyridine rings is 1. The molecule has 11 heteroatoms. The number of hydrogen-bond donors (Lipinski definition) is 1. The first-order valence-electron chi connectivity index (χ1n) is 11.7. The molecule has 0 aliphatic carbocycles. The van der Waals surface area contributed by atoms with Crippen LogP contribution in [-0.4, -0.2) is 57.9 Å². The molecule has 6 rings (SSSR count). The second kappa shape index (κ2) is 9.60. The quantitative estimate of drug-likeness (QED) is 0.566. The SMILES string of the molecule is Cl.O=c1ccc2ncc(=O)n3c2n1C[C@H]3CN1CCC(NCc2ccc3c(c2F)OCCO3)CC1. The summed E-state index contributed by atoms with van der Waals surface area (Å²) >= 11 is 0. The van der Waals surface area contributed by atoms with Crippen LogP contribution in [-0.2, 0) is 13.1 Å². The number of nitrogens with zero attached hydrogens (tertiary/aromatic N) is 4. The van der Waals surface area contributed by atoms with Crippen LogP contribution in [0.15, 0.2) is 40.1 Å². The van der Waals surface area contributed by atoms with Gasteiger partial charge in [-0.15, -0.1) is 12.4 Å². The normalized spacial score (nSPS) is 19.6. The Balaban J connectivity index is 0.00000253. The van der Waals surface area contributed by atoms with Crippen molar-refractivity contribution in [1.29, 1.82) is 0 Å². The number of ether oxygens (including phenoxy) is 2. The van der Waals surface area contributed by atoms with Gasteiger partial charge in [-0.1, -0.05) is 6.07 Å². The molecule has 1 saturated heterocycles. The fraction of sp³-hybridized carbons (Fsp3) is 0.458. The van der Waals surface area contributed by atoms with Crippen molar-refractivity contribution in [3.63, 3.8) is 0 Å². The molecule has 0 unspecified atom stereocenters. The number of halogens is 2. The largest absolute Gasteiger partial charge is 0.486 e. The Kier molecular flexibility index (Phi) is 6.52. The van der Waals surface area contributed by atoms with Crippen LogP contribution >= 0.6 is 12.4 Å². The molecule has 3 aromatic rings. The summed E-state index contributed by atoms with van der Waals surface area (Å²) in [6.45, 7) is 4.14. The van der Waals surface area contributed by atoms with Crippen molar-refractivity contribution >= 4 is 23.6 Å². The fourth-order valence-electron chi connectivity index (χ4n) is 5.30. The number of piperidine rings is 1. The molecule has 0 spiro atoms. The highest BCUT2D eigenvalue weighted by molar-refractivity contribution is 5.85. The first-order chi connectivity index (χ1) is 16.6. The molecule has 3 aliphatic rings. The van der Waals surface area contributed by atoms with Crippen molar-refractivity contribution in [2.75, 3.05) is 32.8 Å². The van der Waals surface area contributed by atoms with E-state index in [-0.39, 0.29) is 47.2 Å². The lowest BCUT2D eigenvalue weighted by atomic mass is 10.0. The van der Waals surface area contributed by atoms with Gasteiger partial charge in [-0.3, -0.25) is 18.7 Å². The van der Waals surface area contributed by atoms with Gasteiger partial charge in [-0.25, -0.2) is 9.37 Å². The van der Waals surface area contributed by atoms with E-state index in [1.807, 2.05) is 0 Å². The third-order valence-corrected chi connectivity index (χ3v) is 7.04. The lowest BCUT2D eigenvalue weighted by Gasteiger charge is -2.34. The molecule has 0 saturated carbocycles. The van der Waals surface area contributed by atoms with E-state index >= 15 is 0 Å². The molecule has 1 atom stereocenters. The van der Waals surface area contributed by atoms with E-state index in [0.717, 1.165) is 25.9 Å². The predicted molar refractivity (Wildman–Crippen MR) is 130 cm³/mol. The maximum atomic E-state index is 14.8. The number of fused-ring (bicyclic) bond motifs is 1. The standard InChI is InChI=1S/C24H26FN5O4.ClH/c25-22-15(1-3-19-23(22)34-10-9-33-19)11-26-16-5-7-28(8-6-16)13-17-14-29-20(31)4-2-18-24(29)30(17)21(32)12-27-18;/h1-4,12,16-17,26H,5-11,13-14H2;1H/t17-;/m1./s1. The van der Waals surface area contributed by atoms with Gasteiger partial charge >= 0.3 is 0 Å². The van der Waals surface area contributed by atoms with E-state index in [0.29, 0.717) is 55.3 Å². The first-order valence-corrected chi connectivity index (χ1v) is 11.7. The highest BCUT2D eigenvalue weighted by Crippen LogP contribution is 2.34. The summed E-state index contributed by atoms with van der Waals surface area (Å²) in [5.41, 5.74) is 1.57. The van der Waals surface area contributed by atoms with Crippen LogP contribution in [0.4, 0.5) is 4.39 Å². The second-order valence-corrected chi connectivity index (χ2v) is 9.13. The molecule has 0 bridgehead atoms. The van der Waals surface area contributed by atoms with Crippen LogP contribution in [0, 0.1) is 5.82 Å². The predicted octanol–water partition coefficient (Wildman–Crippen LogP) is 1.70. The highest BCUT2D eigenvalue weighted by Gasteiger charge is 2.30. The Hall–Kier alpha value is -2.95. The maximum Gasteiger partial charge on any atom is 0.270 e. The van der Waals surface area contributed by atoms with Crippen LogP contribution in [0.1, 0.15) is 24.4 Å². The van der Waals surface area contributed by atoms with Crippen LogP contribution in [0.3, 0.4) is 0 Å². The molecule has 1 fully saturated rings. The molecule has 1 N–H and O–H groups in total. The van der Waals surface area contributed by atoms with Crippen LogP contribution in [0.5, 0.6) is 11.5 Å². The Morgan fingerprint density at radius 3 is 2.69 bits per heavy atom. The smallest absolute Gasteiger partial charge is 0.270 e. The fourth-order valence-corrected chi connectivity index (χ4v) is 5.30. The summed E-state index contributed by atoms with van der Waals surface area (Å²) < 4.78 is 29.0. The lowest BCUT2D eigenvalue weighted by molar-refractivity contribution is 0.163. The average Bonchev–Trinajstić information content (AvgIpc) is 3.25. The molecule has 35 heavy (non-hydrogen) atoms. The van der Waals surface area contributed by atoms with Gasteiger partial charge < -0.3 is 19.7 Å². The molecule has 2 aromatic heterocycles. The summed E-state index contributed by atoms with van der Waals surface area (Å²) in [6.07, 6.45) is 3.18. The summed E-state index contributed by atoms with van der Waals surface area (Å²) in [6, 6.07) is 6.88. The molecular formula is C24H27ClFN5O4. The lowest BCUT2D eigenvalue weighted by Crippen LogP contribution is -2.44. The molecule has 5 heterocycles. The monoisotopic (exact) mass is 503 g/mol. The highest BCUT2D eigenvalue weighted by atomic mass is 35.5. The number of nitrogens with one attached hydrogen (secondary N) is 1. The van der Waals surface area contributed by atoms with Crippen molar-refractivity contribution in [2.45, 2.75) is 38.0 Å². The van der Waals surface area contributed by atoms with E-state index in [1.54, 1.807) is 27.3 Å². The minimum Gasteiger partial charge on any atom is -0.486 e. The summed E-state index contributed by atoms with van der Waals surface area (Å²) in [5.74, 6) is 0.312. The Morgan fingerprint density at radius 2 is 1.86 bits per heavy atom. The zero-order valence-corrected chi connectivity index (χ0v) is 19.9. The van der Waals surface area contributed by atoms with Gasteiger partial charge in [0.05, 0.1) is 12.2 Å². The van der Waals surface area contributed by atoms with Gasteiger partial charge in [0.15, 0.2) is 17.3 Å². The zero-order chi connectivity index (χ0) is 23.2. The Morgan fingerprint density at radius 1 is 1.06 bits per heavy atom. The number of hydrogen-bond acceptors (Lipinski definition) is 7. The van der Waals surface area contributed by atoms with E-state index in [4.69, 9.17) is 9.47 Å². The number of benzene rings is 1. The number of aromatic nitrogens is 3.